The summed E-state index contributed by atoms with van der Waals surface area (Å²) in [5.74, 6) is 1.29. The van der Waals surface area contributed by atoms with Gasteiger partial charge in [0.15, 0.2) is 0 Å². The van der Waals surface area contributed by atoms with Crippen LogP contribution in [0.15, 0.2) is 66.9 Å². The highest BCUT2D eigenvalue weighted by Gasteiger charge is 2.08. The van der Waals surface area contributed by atoms with Crippen LogP contribution in [0.25, 0.3) is 11.1 Å². The molecule has 0 spiro atoms. The summed E-state index contributed by atoms with van der Waals surface area (Å²) >= 11 is 0. The van der Waals surface area contributed by atoms with Crippen molar-refractivity contribution in [3.63, 3.8) is 0 Å². The second-order valence-corrected chi connectivity index (χ2v) is 5.34. The first-order valence-corrected chi connectivity index (χ1v) is 7.71. The van der Waals surface area contributed by atoms with Crippen LogP contribution in [0.3, 0.4) is 0 Å². The van der Waals surface area contributed by atoms with Gasteiger partial charge in [0.1, 0.15) is 12.4 Å². The monoisotopic (exact) mass is 321 g/mol. The highest BCUT2D eigenvalue weighted by atomic mass is 16.5. The lowest BCUT2D eigenvalue weighted by atomic mass is 10.0. The summed E-state index contributed by atoms with van der Waals surface area (Å²) < 4.78 is 10.9. The number of hydrogen-bond donors (Lipinski definition) is 1. The standard InChI is InChI=1S/C20H19NO3/c1-23-20-10-7-16(12-21-20)19-9-8-18(11-17(19)13-22)24-14-15-5-3-2-4-6-15/h2-12,22H,13-14H2,1H3. The lowest BCUT2D eigenvalue weighted by Crippen LogP contribution is -1.97. The fourth-order valence-electron chi connectivity index (χ4n) is 2.47. The van der Waals surface area contributed by atoms with Gasteiger partial charge in [-0.15, -0.1) is 0 Å². The van der Waals surface area contributed by atoms with Crippen LogP contribution in [0.4, 0.5) is 0 Å². The number of rotatable bonds is 6. The van der Waals surface area contributed by atoms with Gasteiger partial charge >= 0.3 is 0 Å². The number of hydrogen-bond acceptors (Lipinski definition) is 4. The maximum absolute atomic E-state index is 9.69. The Bertz CT molecular complexity index is 786. The van der Waals surface area contributed by atoms with Gasteiger partial charge in [0.2, 0.25) is 5.88 Å². The van der Waals surface area contributed by atoms with E-state index in [2.05, 4.69) is 4.98 Å². The van der Waals surface area contributed by atoms with Crippen LogP contribution < -0.4 is 9.47 Å². The van der Waals surface area contributed by atoms with Gasteiger partial charge in [-0.25, -0.2) is 4.98 Å². The lowest BCUT2D eigenvalue weighted by Gasteiger charge is -2.12. The molecule has 0 aliphatic carbocycles. The van der Waals surface area contributed by atoms with E-state index < -0.39 is 0 Å². The molecular formula is C20H19NO3. The van der Waals surface area contributed by atoms with Gasteiger partial charge in [-0.3, -0.25) is 0 Å². The third-order valence-electron chi connectivity index (χ3n) is 3.75. The number of aliphatic hydroxyl groups excluding tert-OH is 1. The molecule has 0 aliphatic rings. The van der Waals surface area contributed by atoms with E-state index >= 15 is 0 Å². The molecule has 0 aliphatic heterocycles. The first kappa shape index (κ1) is 16.0. The van der Waals surface area contributed by atoms with Crippen molar-refractivity contribution >= 4 is 0 Å². The first-order valence-electron chi connectivity index (χ1n) is 7.71. The molecule has 2 aromatic carbocycles. The van der Waals surface area contributed by atoms with Gasteiger partial charge in [-0.1, -0.05) is 36.4 Å². The van der Waals surface area contributed by atoms with E-state index in [4.69, 9.17) is 9.47 Å². The molecule has 0 saturated carbocycles. The van der Waals surface area contributed by atoms with Crippen molar-refractivity contribution in [2.75, 3.05) is 7.11 Å². The molecule has 1 heterocycles. The Kier molecular flexibility index (Phi) is 5.08. The maximum Gasteiger partial charge on any atom is 0.212 e. The molecular weight excluding hydrogens is 302 g/mol. The summed E-state index contributed by atoms with van der Waals surface area (Å²) in [7, 11) is 1.58. The summed E-state index contributed by atoms with van der Waals surface area (Å²) in [5.41, 5.74) is 3.76. The van der Waals surface area contributed by atoms with Crippen molar-refractivity contribution < 1.29 is 14.6 Å². The third-order valence-corrected chi connectivity index (χ3v) is 3.75. The van der Waals surface area contributed by atoms with E-state index in [0.29, 0.717) is 12.5 Å². The molecule has 3 rings (SSSR count). The molecule has 0 atom stereocenters. The molecule has 1 aromatic heterocycles. The zero-order valence-electron chi connectivity index (χ0n) is 13.5. The molecule has 0 amide bonds. The summed E-state index contributed by atoms with van der Waals surface area (Å²) in [5, 5.41) is 9.69. The first-order chi connectivity index (χ1) is 11.8. The summed E-state index contributed by atoms with van der Waals surface area (Å²) in [6, 6.07) is 19.4. The molecule has 3 aromatic rings. The van der Waals surface area contributed by atoms with E-state index in [1.165, 1.54) is 0 Å². The second kappa shape index (κ2) is 7.62. The van der Waals surface area contributed by atoms with Crippen LogP contribution in [-0.4, -0.2) is 17.2 Å². The van der Waals surface area contributed by atoms with E-state index in [-0.39, 0.29) is 6.61 Å². The number of benzene rings is 2. The van der Waals surface area contributed by atoms with Gasteiger partial charge in [-0.2, -0.15) is 0 Å². The number of ether oxygens (including phenoxy) is 2. The highest BCUT2D eigenvalue weighted by Crippen LogP contribution is 2.28. The van der Waals surface area contributed by atoms with Crippen LogP contribution in [0.2, 0.25) is 0 Å². The van der Waals surface area contributed by atoms with Gasteiger partial charge in [-0.05, 0) is 34.9 Å². The van der Waals surface area contributed by atoms with Crippen LogP contribution in [0, 0.1) is 0 Å². The van der Waals surface area contributed by atoms with Crippen molar-refractivity contribution in [1.29, 1.82) is 0 Å². The predicted molar refractivity (Wildman–Crippen MR) is 92.9 cm³/mol. The molecule has 4 nitrogen and oxygen atoms in total. The fourth-order valence-corrected chi connectivity index (χ4v) is 2.47. The molecule has 0 radical (unpaired) electrons. The lowest BCUT2D eigenvalue weighted by molar-refractivity contribution is 0.278. The Balaban J connectivity index is 1.79. The minimum atomic E-state index is -0.0656. The van der Waals surface area contributed by atoms with Crippen molar-refractivity contribution in [3.8, 4) is 22.8 Å². The second-order valence-electron chi connectivity index (χ2n) is 5.34. The molecule has 4 heteroatoms. The van der Waals surface area contributed by atoms with Crippen LogP contribution >= 0.6 is 0 Å². The predicted octanol–water partition coefficient (Wildman–Crippen LogP) is 3.83. The Hall–Kier alpha value is -2.85. The molecule has 0 bridgehead atoms. The maximum atomic E-state index is 9.69. The molecule has 122 valence electrons. The van der Waals surface area contributed by atoms with Gasteiger partial charge in [0.05, 0.1) is 13.7 Å². The van der Waals surface area contributed by atoms with Crippen LogP contribution in [0.5, 0.6) is 11.6 Å². The number of methoxy groups -OCH3 is 1. The molecule has 0 fully saturated rings. The van der Waals surface area contributed by atoms with Crippen LogP contribution in [0.1, 0.15) is 11.1 Å². The number of nitrogens with zero attached hydrogens (tertiary/aromatic N) is 1. The molecule has 1 N–H and O–H groups in total. The number of aliphatic hydroxyl groups is 1. The Morgan fingerprint density at radius 3 is 2.50 bits per heavy atom. The topological polar surface area (TPSA) is 51.6 Å². The average molecular weight is 321 g/mol. The van der Waals surface area contributed by atoms with Crippen molar-refractivity contribution in [3.05, 3.63) is 78.0 Å². The minimum absolute atomic E-state index is 0.0656. The van der Waals surface area contributed by atoms with Gasteiger partial charge < -0.3 is 14.6 Å². The van der Waals surface area contributed by atoms with E-state index in [0.717, 1.165) is 28.0 Å². The fraction of sp³-hybridized carbons (Fsp3) is 0.150. The van der Waals surface area contributed by atoms with Gasteiger partial charge in [0.25, 0.3) is 0 Å². The number of pyridine rings is 1. The largest absolute Gasteiger partial charge is 0.489 e. The summed E-state index contributed by atoms with van der Waals surface area (Å²) in [6.07, 6.45) is 1.73. The van der Waals surface area contributed by atoms with Crippen molar-refractivity contribution in [2.45, 2.75) is 13.2 Å². The van der Waals surface area contributed by atoms with E-state index in [9.17, 15) is 5.11 Å². The normalized spacial score (nSPS) is 10.4. The molecule has 0 unspecified atom stereocenters. The SMILES string of the molecule is COc1ccc(-c2ccc(OCc3ccccc3)cc2CO)cn1. The zero-order valence-corrected chi connectivity index (χ0v) is 13.5. The third kappa shape index (κ3) is 3.73. The number of aromatic nitrogens is 1. The van der Waals surface area contributed by atoms with Crippen molar-refractivity contribution in [1.82, 2.24) is 4.98 Å². The van der Waals surface area contributed by atoms with E-state index in [1.54, 1.807) is 19.4 Å². The Morgan fingerprint density at radius 1 is 1.00 bits per heavy atom. The Morgan fingerprint density at radius 2 is 1.83 bits per heavy atom. The smallest absolute Gasteiger partial charge is 0.212 e. The van der Waals surface area contributed by atoms with Crippen LogP contribution in [-0.2, 0) is 13.2 Å². The zero-order chi connectivity index (χ0) is 16.8. The highest BCUT2D eigenvalue weighted by molar-refractivity contribution is 5.67. The quantitative estimate of drug-likeness (QED) is 0.750. The Labute approximate surface area is 141 Å². The van der Waals surface area contributed by atoms with Crippen molar-refractivity contribution in [2.24, 2.45) is 0 Å². The minimum Gasteiger partial charge on any atom is -0.489 e. The summed E-state index contributed by atoms with van der Waals surface area (Å²) in [4.78, 5) is 4.21. The summed E-state index contributed by atoms with van der Waals surface area (Å²) in [6.45, 7) is 0.430. The van der Waals surface area contributed by atoms with Gasteiger partial charge in [0, 0.05) is 17.8 Å². The van der Waals surface area contributed by atoms with E-state index in [1.807, 2.05) is 54.6 Å². The molecule has 24 heavy (non-hydrogen) atoms. The average Bonchev–Trinajstić information content (AvgIpc) is 2.67. The molecule has 0 saturated heterocycles.